The molecule has 7 heteroatoms. The average Bonchev–Trinajstić information content (AvgIpc) is 3.25. The minimum atomic E-state index is 0.0482. The van der Waals surface area contributed by atoms with E-state index in [-0.39, 0.29) is 11.3 Å². The number of hydrogen-bond acceptors (Lipinski definition) is 6. The van der Waals surface area contributed by atoms with Crippen molar-refractivity contribution in [1.29, 1.82) is 0 Å². The first kappa shape index (κ1) is 14.8. The smallest absolute Gasteiger partial charge is 0.238 e. The first-order chi connectivity index (χ1) is 10.6. The number of aromatic nitrogens is 2. The molecule has 0 radical (unpaired) electrons. The molecule has 1 atom stereocenters. The van der Waals surface area contributed by atoms with Crippen LogP contribution in [0, 0.1) is 5.41 Å². The maximum absolute atomic E-state index is 12.2. The van der Waals surface area contributed by atoms with E-state index in [9.17, 15) is 4.79 Å². The van der Waals surface area contributed by atoms with E-state index in [1.165, 1.54) is 0 Å². The summed E-state index contributed by atoms with van der Waals surface area (Å²) < 4.78 is 10.4. The zero-order valence-electron chi connectivity index (χ0n) is 12.6. The minimum absolute atomic E-state index is 0.0482. The average molecular weight is 304 g/mol. The van der Waals surface area contributed by atoms with Crippen LogP contribution in [0.2, 0.25) is 0 Å². The number of amides is 1. The topological polar surface area (TPSA) is 98.4 Å². The number of hydrogen-bond donors (Lipinski definition) is 1. The summed E-state index contributed by atoms with van der Waals surface area (Å²) in [5.74, 6) is 1.51. The number of likely N-dealkylation sites (tertiary alicyclic amines) is 1. The maximum atomic E-state index is 12.2. The number of nitrogens with two attached hydrogens (primary N) is 1. The molecule has 1 amide bonds. The number of carbonyl (C=O) groups excluding carboxylic acids is 1. The van der Waals surface area contributed by atoms with Crippen molar-refractivity contribution in [3.63, 3.8) is 0 Å². The molecule has 2 aromatic rings. The van der Waals surface area contributed by atoms with Crippen LogP contribution in [0.3, 0.4) is 0 Å². The van der Waals surface area contributed by atoms with Crippen molar-refractivity contribution in [3.05, 3.63) is 24.3 Å². The molecule has 3 rings (SSSR count). The lowest BCUT2D eigenvalue weighted by molar-refractivity contribution is -0.130. The van der Waals surface area contributed by atoms with Gasteiger partial charge in [-0.15, -0.1) is 0 Å². The summed E-state index contributed by atoms with van der Waals surface area (Å²) in [5, 5.41) is 3.85. The van der Waals surface area contributed by atoms with Crippen molar-refractivity contribution in [1.82, 2.24) is 15.0 Å². The molecule has 1 fully saturated rings. The van der Waals surface area contributed by atoms with E-state index in [0.717, 1.165) is 19.5 Å². The SMILES string of the molecule is CC1(CN)CCN(C(=O)CCc2nc(-c3ccco3)no2)C1. The second-order valence-electron chi connectivity index (χ2n) is 6.07. The van der Waals surface area contributed by atoms with Gasteiger partial charge >= 0.3 is 0 Å². The van der Waals surface area contributed by atoms with Crippen LogP contribution in [0.25, 0.3) is 11.6 Å². The molecule has 1 saturated heterocycles. The summed E-state index contributed by atoms with van der Waals surface area (Å²) in [7, 11) is 0. The summed E-state index contributed by atoms with van der Waals surface area (Å²) in [5.41, 5.74) is 5.81. The van der Waals surface area contributed by atoms with Gasteiger partial charge in [0.15, 0.2) is 5.76 Å². The molecule has 2 N–H and O–H groups in total. The van der Waals surface area contributed by atoms with Gasteiger partial charge in [-0.3, -0.25) is 4.79 Å². The summed E-state index contributed by atoms with van der Waals surface area (Å²) in [4.78, 5) is 18.3. The standard InChI is InChI=1S/C15H20N4O3/c1-15(9-16)6-7-19(10-15)13(20)5-4-12-17-14(18-22-12)11-3-2-8-21-11/h2-3,8H,4-7,9-10,16H2,1H3. The molecule has 3 heterocycles. The van der Waals surface area contributed by atoms with Gasteiger partial charge in [-0.2, -0.15) is 4.98 Å². The van der Waals surface area contributed by atoms with Crippen molar-refractivity contribution in [2.75, 3.05) is 19.6 Å². The third kappa shape index (κ3) is 3.04. The van der Waals surface area contributed by atoms with E-state index in [4.69, 9.17) is 14.7 Å². The number of furan rings is 1. The van der Waals surface area contributed by atoms with Gasteiger partial charge in [-0.25, -0.2) is 0 Å². The van der Waals surface area contributed by atoms with Crippen LogP contribution >= 0.6 is 0 Å². The number of nitrogens with zero attached hydrogens (tertiary/aromatic N) is 3. The van der Waals surface area contributed by atoms with Crippen LogP contribution < -0.4 is 5.73 Å². The molecule has 7 nitrogen and oxygen atoms in total. The highest BCUT2D eigenvalue weighted by Gasteiger charge is 2.34. The molecule has 0 saturated carbocycles. The van der Waals surface area contributed by atoms with Gasteiger partial charge in [0.25, 0.3) is 0 Å². The lowest BCUT2D eigenvalue weighted by Gasteiger charge is -2.22. The Morgan fingerprint density at radius 3 is 3.09 bits per heavy atom. The molecule has 22 heavy (non-hydrogen) atoms. The van der Waals surface area contributed by atoms with E-state index in [1.807, 2.05) is 4.90 Å². The van der Waals surface area contributed by atoms with Crippen LogP contribution in [-0.4, -0.2) is 40.6 Å². The van der Waals surface area contributed by atoms with Gasteiger partial charge in [0, 0.05) is 25.9 Å². The van der Waals surface area contributed by atoms with Gasteiger partial charge in [0.1, 0.15) is 0 Å². The van der Waals surface area contributed by atoms with Crippen molar-refractivity contribution in [2.45, 2.75) is 26.2 Å². The van der Waals surface area contributed by atoms with E-state index >= 15 is 0 Å². The number of rotatable bonds is 5. The van der Waals surface area contributed by atoms with Gasteiger partial charge in [-0.05, 0) is 30.5 Å². The fraction of sp³-hybridized carbons (Fsp3) is 0.533. The zero-order valence-corrected chi connectivity index (χ0v) is 12.6. The largest absolute Gasteiger partial charge is 0.461 e. The minimum Gasteiger partial charge on any atom is -0.461 e. The van der Waals surface area contributed by atoms with Gasteiger partial charge in [-0.1, -0.05) is 12.1 Å². The first-order valence-electron chi connectivity index (χ1n) is 7.44. The Morgan fingerprint density at radius 1 is 1.55 bits per heavy atom. The highest BCUT2D eigenvalue weighted by molar-refractivity contribution is 5.76. The summed E-state index contributed by atoms with van der Waals surface area (Å²) in [6.45, 7) is 4.22. The summed E-state index contributed by atoms with van der Waals surface area (Å²) >= 11 is 0. The lowest BCUT2D eigenvalue weighted by atomic mass is 9.90. The molecule has 1 aliphatic heterocycles. The molecular formula is C15H20N4O3. The van der Waals surface area contributed by atoms with Crippen LogP contribution in [0.5, 0.6) is 0 Å². The highest BCUT2D eigenvalue weighted by Crippen LogP contribution is 2.29. The number of carbonyl (C=O) groups is 1. The van der Waals surface area contributed by atoms with Crippen molar-refractivity contribution < 1.29 is 13.7 Å². The van der Waals surface area contributed by atoms with Gasteiger partial charge < -0.3 is 19.6 Å². The normalized spacial score (nSPS) is 21.5. The second kappa shape index (κ2) is 5.92. The molecule has 118 valence electrons. The monoisotopic (exact) mass is 304 g/mol. The Bertz CT molecular complexity index is 637. The number of aryl methyl sites for hydroxylation is 1. The van der Waals surface area contributed by atoms with Crippen LogP contribution in [0.4, 0.5) is 0 Å². The van der Waals surface area contributed by atoms with E-state index in [1.54, 1.807) is 18.4 Å². The fourth-order valence-electron chi connectivity index (χ4n) is 2.64. The maximum Gasteiger partial charge on any atom is 0.238 e. The Hall–Kier alpha value is -2.15. The highest BCUT2D eigenvalue weighted by atomic mass is 16.5. The van der Waals surface area contributed by atoms with E-state index in [2.05, 4.69) is 17.1 Å². The van der Waals surface area contributed by atoms with Crippen molar-refractivity contribution in [2.24, 2.45) is 11.1 Å². The molecule has 0 spiro atoms. The summed E-state index contributed by atoms with van der Waals surface area (Å²) in [6, 6.07) is 3.52. The molecule has 0 aromatic carbocycles. The van der Waals surface area contributed by atoms with Gasteiger partial charge in [0.2, 0.25) is 17.6 Å². The quantitative estimate of drug-likeness (QED) is 0.898. The molecule has 0 aliphatic carbocycles. The fourth-order valence-corrected chi connectivity index (χ4v) is 2.64. The lowest BCUT2D eigenvalue weighted by Crippen LogP contribution is -2.34. The third-order valence-electron chi connectivity index (χ3n) is 4.17. The molecule has 1 unspecified atom stereocenters. The zero-order chi connectivity index (χ0) is 15.6. The second-order valence-corrected chi connectivity index (χ2v) is 6.07. The molecule has 2 aromatic heterocycles. The Kier molecular flexibility index (Phi) is 3.98. The molecule has 0 bridgehead atoms. The van der Waals surface area contributed by atoms with Crippen LogP contribution in [0.1, 0.15) is 25.7 Å². The Labute approximate surface area is 128 Å². The van der Waals surface area contributed by atoms with Crippen molar-refractivity contribution >= 4 is 5.91 Å². The Morgan fingerprint density at radius 2 is 2.41 bits per heavy atom. The molecule has 1 aliphatic rings. The van der Waals surface area contributed by atoms with E-state index < -0.39 is 0 Å². The Balaban J connectivity index is 1.54. The summed E-state index contributed by atoms with van der Waals surface area (Å²) in [6.07, 6.45) is 3.30. The van der Waals surface area contributed by atoms with E-state index in [0.29, 0.717) is 36.9 Å². The third-order valence-corrected chi connectivity index (χ3v) is 4.17. The molecular weight excluding hydrogens is 284 g/mol. The van der Waals surface area contributed by atoms with Crippen molar-refractivity contribution in [3.8, 4) is 11.6 Å². The van der Waals surface area contributed by atoms with Crippen LogP contribution in [-0.2, 0) is 11.2 Å². The predicted octanol–water partition coefficient (Wildman–Crippen LogP) is 1.46. The van der Waals surface area contributed by atoms with Crippen LogP contribution in [0.15, 0.2) is 27.3 Å². The first-order valence-corrected chi connectivity index (χ1v) is 7.44. The predicted molar refractivity (Wildman–Crippen MR) is 78.7 cm³/mol. The van der Waals surface area contributed by atoms with Gasteiger partial charge in [0.05, 0.1) is 6.26 Å².